The van der Waals surface area contributed by atoms with Gasteiger partial charge in [-0.25, -0.2) is 13.1 Å². The number of piperidine rings is 1. The molecule has 0 radical (unpaired) electrons. The number of sulfonamides is 1. The second-order valence-electron chi connectivity index (χ2n) is 4.22. The van der Waals surface area contributed by atoms with E-state index in [1.807, 2.05) is 0 Å². The van der Waals surface area contributed by atoms with Crippen molar-refractivity contribution >= 4 is 45.6 Å². The fourth-order valence-electron chi connectivity index (χ4n) is 1.97. The predicted octanol–water partition coefficient (Wildman–Crippen LogP) is 2.45. The van der Waals surface area contributed by atoms with Crippen LogP contribution in [0.1, 0.15) is 12.8 Å². The van der Waals surface area contributed by atoms with E-state index < -0.39 is 10.0 Å². The van der Waals surface area contributed by atoms with Crippen LogP contribution in [-0.2, 0) is 10.0 Å². The Hall–Kier alpha value is -0.0400. The normalized spacial score (nSPS) is 19.8. The number of halogens is 3. The summed E-state index contributed by atoms with van der Waals surface area (Å²) in [6.45, 7) is 1.55. The quantitative estimate of drug-likeness (QED) is 0.884. The number of hydrogen-bond donors (Lipinski definition) is 2. The van der Waals surface area contributed by atoms with Gasteiger partial charge in [-0.3, -0.25) is 0 Å². The summed E-state index contributed by atoms with van der Waals surface area (Å²) >= 11 is 11.8. The minimum Gasteiger partial charge on any atom is -0.315 e. The predicted molar refractivity (Wildman–Crippen MR) is 79.9 cm³/mol. The Bertz CT molecular complexity index is 510. The Labute approximate surface area is 129 Å². The van der Waals surface area contributed by atoms with Crippen molar-refractivity contribution in [2.24, 2.45) is 0 Å². The summed E-state index contributed by atoms with van der Waals surface area (Å²) in [5, 5.41) is 3.42. The highest BCUT2D eigenvalue weighted by atomic mass is 35.5. The summed E-state index contributed by atoms with van der Waals surface area (Å²) < 4.78 is 27.1. The van der Waals surface area contributed by atoms with Crippen molar-refractivity contribution in [2.45, 2.75) is 23.8 Å². The Morgan fingerprint density at radius 3 is 2.42 bits per heavy atom. The number of nitrogens with one attached hydrogen (secondary N) is 2. The molecule has 1 aliphatic rings. The van der Waals surface area contributed by atoms with Gasteiger partial charge in [-0.1, -0.05) is 29.3 Å². The first kappa shape index (κ1) is 17.0. The standard InChI is InChI=1S/C11H14Cl2N2O2S.ClH/c12-9-4-1-5-10(13)11(9)18(16,17)15-8-3-2-6-14-7-8;/h1,4-5,8,14-15H,2-3,6-7H2;1H. The SMILES string of the molecule is Cl.O=S(=O)(NC1CCCNC1)c1c(Cl)cccc1Cl. The van der Waals surface area contributed by atoms with Crippen molar-refractivity contribution in [1.82, 2.24) is 10.0 Å². The minimum absolute atomic E-state index is 0. The third-order valence-electron chi connectivity index (χ3n) is 2.81. The van der Waals surface area contributed by atoms with Crippen molar-refractivity contribution in [3.8, 4) is 0 Å². The first-order chi connectivity index (χ1) is 8.50. The molecule has 1 atom stereocenters. The van der Waals surface area contributed by atoms with Crippen LogP contribution in [0.5, 0.6) is 0 Å². The van der Waals surface area contributed by atoms with E-state index in [-0.39, 0.29) is 33.4 Å². The maximum atomic E-state index is 12.2. The third-order valence-corrected chi connectivity index (χ3v) is 5.28. The molecule has 19 heavy (non-hydrogen) atoms. The zero-order chi connectivity index (χ0) is 13.2. The first-order valence-corrected chi connectivity index (χ1v) is 7.91. The molecule has 1 aromatic rings. The van der Waals surface area contributed by atoms with Crippen molar-refractivity contribution < 1.29 is 8.42 Å². The van der Waals surface area contributed by atoms with E-state index >= 15 is 0 Å². The van der Waals surface area contributed by atoms with Crippen LogP contribution in [0.15, 0.2) is 23.1 Å². The van der Waals surface area contributed by atoms with Crippen LogP contribution in [0.3, 0.4) is 0 Å². The van der Waals surface area contributed by atoms with Crippen molar-refractivity contribution in [2.75, 3.05) is 13.1 Å². The second kappa shape index (κ2) is 7.11. The highest BCUT2D eigenvalue weighted by molar-refractivity contribution is 7.89. The molecule has 0 spiro atoms. The molecule has 0 saturated carbocycles. The fourth-order valence-corrected chi connectivity index (χ4v) is 4.38. The number of rotatable bonds is 3. The molecule has 1 heterocycles. The molecule has 8 heteroatoms. The summed E-state index contributed by atoms with van der Waals surface area (Å²) in [6.07, 6.45) is 1.76. The van der Waals surface area contributed by atoms with Crippen LogP contribution in [-0.4, -0.2) is 27.5 Å². The van der Waals surface area contributed by atoms with E-state index in [9.17, 15) is 8.42 Å². The van der Waals surface area contributed by atoms with Gasteiger partial charge in [0.25, 0.3) is 0 Å². The zero-order valence-electron chi connectivity index (χ0n) is 10.0. The van der Waals surface area contributed by atoms with Crippen LogP contribution >= 0.6 is 35.6 Å². The van der Waals surface area contributed by atoms with Crippen LogP contribution < -0.4 is 10.0 Å². The average molecular weight is 346 g/mol. The van der Waals surface area contributed by atoms with Crippen LogP contribution in [0.4, 0.5) is 0 Å². The molecular formula is C11H15Cl3N2O2S. The van der Waals surface area contributed by atoms with E-state index in [0.29, 0.717) is 6.54 Å². The maximum absolute atomic E-state index is 12.2. The van der Waals surface area contributed by atoms with Crippen LogP contribution in [0, 0.1) is 0 Å². The van der Waals surface area contributed by atoms with Gasteiger partial charge < -0.3 is 5.32 Å². The molecule has 2 rings (SSSR count). The molecule has 0 aromatic heterocycles. The summed E-state index contributed by atoms with van der Waals surface area (Å²) in [6, 6.07) is 4.53. The molecule has 0 bridgehead atoms. The highest BCUT2D eigenvalue weighted by Gasteiger charge is 2.25. The van der Waals surface area contributed by atoms with Gasteiger partial charge in [0, 0.05) is 12.6 Å². The fraction of sp³-hybridized carbons (Fsp3) is 0.455. The molecular weight excluding hydrogens is 331 g/mol. The van der Waals surface area contributed by atoms with Crippen LogP contribution in [0.2, 0.25) is 10.0 Å². The highest BCUT2D eigenvalue weighted by Crippen LogP contribution is 2.29. The van der Waals surface area contributed by atoms with Gasteiger partial charge >= 0.3 is 0 Å². The van der Waals surface area contributed by atoms with Crippen LogP contribution in [0.25, 0.3) is 0 Å². The van der Waals surface area contributed by atoms with E-state index in [1.165, 1.54) is 12.1 Å². The monoisotopic (exact) mass is 344 g/mol. The largest absolute Gasteiger partial charge is 0.315 e. The molecule has 4 nitrogen and oxygen atoms in total. The number of hydrogen-bond acceptors (Lipinski definition) is 3. The lowest BCUT2D eigenvalue weighted by molar-refractivity contribution is 0.428. The van der Waals surface area contributed by atoms with Crippen molar-refractivity contribution in [3.05, 3.63) is 28.2 Å². The Morgan fingerprint density at radius 1 is 1.26 bits per heavy atom. The Kier molecular flexibility index (Phi) is 6.36. The smallest absolute Gasteiger partial charge is 0.243 e. The second-order valence-corrected chi connectivity index (χ2v) is 6.68. The van der Waals surface area contributed by atoms with Gasteiger partial charge in [-0.2, -0.15) is 0 Å². The molecule has 2 N–H and O–H groups in total. The lowest BCUT2D eigenvalue weighted by Gasteiger charge is -2.24. The van der Waals surface area contributed by atoms with Crippen molar-refractivity contribution in [1.29, 1.82) is 0 Å². The molecule has 1 fully saturated rings. The average Bonchev–Trinajstić information content (AvgIpc) is 2.28. The molecule has 1 aromatic carbocycles. The van der Waals surface area contributed by atoms with E-state index in [1.54, 1.807) is 6.07 Å². The zero-order valence-corrected chi connectivity index (χ0v) is 13.2. The minimum atomic E-state index is -3.68. The van der Waals surface area contributed by atoms with Gasteiger partial charge in [-0.05, 0) is 31.5 Å². The summed E-state index contributed by atoms with van der Waals surface area (Å²) in [5.74, 6) is 0. The summed E-state index contributed by atoms with van der Waals surface area (Å²) in [4.78, 5) is -0.0427. The van der Waals surface area contributed by atoms with Gasteiger partial charge in [0.15, 0.2) is 0 Å². The molecule has 1 unspecified atom stereocenters. The van der Waals surface area contributed by atoms with E-state index in [0.717, 1.165) is 19.4 Å². The van der Waals surface area contributed by atoms with Crippen molar-refractivity contribution in [3.63, 3.8) is 0 Å². The Balaban J connectivity index is 0.00000180. The lowest BCUT2D eigenvalue weighted by Crippen LogP contribution is -2.45. The van der Waals surface area contributed by atoms with E-state index in [4.69, 9.17) is 23.2 Å². The number of benzene rings is 1. The van der Waals surface area contributed by atoms with Gasteiger partial charge in [0.2, 0.25) is 10.0 Å². The molecule has 1 saturated heterocycles. The first-order valence-electron chi connectivity index (χ1n) is 5.68. The molecule has 0 aliphatic carbocycles. The van der Waals surface area contributed by atoms with Gasteiger partial charge in [-0.15, -0.1) is 12.4 Å². The van der Waals surface area contributed by atoms with Gasteiger partial charge in [0.1, 0.15) is 4.90 Å². The summed E-state index contributed by atoms with van der Waals surface area (Å²) in [7, 11) is -3.68. The molecule has 0 amide bonds. The molecule has 1 aliphatic heterocycles. The topological polar surface area (TPSA) is 58.2 Å². The summed E-state index contributed by atoms with van der Waals surface area (Å²) in [5.41, 5.74) is 0. The Morgan fingerprint density at radius 2 is 1.89 bits per heavy atom. The maximum Gasteiger partial charge on any atom is 0.243 e. The van der Waals surface area contributed by atoms with Gasteiger partial charge in [0.05, 0.1) is 10.0 Å². The molecule has 108 valence electrons. The third kappa shape index (κ3) is 4.21. The van der Waals surface area contributed by atoms with E-state index in [2.05, 4.69) is 10.0 Å². The lowest BCUT2D eigenvalue weighted by atomic mass is 10.1.